The van der Waals surface area contributed by atoms with E-state index in [-0.39, 0.29) is 0 Å². The van der Waals surface area contributed by atoms with Gasteiger partial charge in [-0.1, -0.05) is 55.3 Å². The maximum Gasteiger partial charge on any atom is 0.131 e. The summed E-state index contributed by atoms with van der Waals surface area (Å²) in [4.78, 5) is 9.33. The highest BCUT2D eigenvalue weighted by molar-refractivity contribution is 6.25. The highest BCUT2D eigenvalue weighted by Gasteiger charge is 2.22. The van der Waals surface area contributed by atoms with Crippen molar-refractivity contribution in [3.05, 3.63) is 59.7 Å². The molecule has 1 aliphatic carbocycles. The number of hydrogen-bond acceptors (Lipinski definition) is 2. The van der Waals surface area contributed by atoms with Crippen LogP contribution in [0.4, 0.5) is 0 Å². The highest BCUT2D eigenvalue weighted by atomic mass is 35.5. The smallest absolute Gasteiger partial charge is 0.131 e. The van der Waals surface area contributed by atoms with Crippen LogP contribution < -0.4 is 0 Å². The summed E-state index contributed by atoms with van der Waals surface area (Å²) in [7, 11) is 0. The van der Waals surface area contributed by atoms with E-state index in [9.17, 15) is 0 Å². The lowest BCUT2D eigenvalue weighted by Gasteiger charge is -2.25. The SMILES string of the molecule is CCCCc1ccc(-c2cnc(C3CCC(C=CCl)CC3)nc2)cc1. The zero-order valence-corrected chi connectivity index (χ0v) is 15.8. The predicted octanol–water partition coefficient (Wildman–Crippen LogP) is 6.51. The fourth-order valence-electron chi connectivity index (χ4n) is 3.62. The van der Waals surface area contributed by atoms with Crippen LogP contribution in [0.2, 0.25) is 0 Å². The molecule has 1 saturated carbocycles. The Morgan fingerprint density at radius 2 is 1.68 bits per heavy atom. The molecule has 0 unspecified atom stereocenters. The molecule has 0 saturated heterocycles. The molecule has 132 valence electrons. The first-order valence-electron chi connectivity index (χ1n) is 9.48. The van der Waals surface area contributed by atoms with Gasteiger partial charge in [0.25, 0.3) is 0 Å². The molecule has 0 aliphatic heterocycles. The second kappa shape index (κ2) is 9.15. The van der Waals surface area contributed by atoms with Gasteiger partial charge in [-0.05, 0) is 55.6 Å². The third-order valence-corrected chi connectivity index (χ3v) is 5.41. The van der Waals surface area contributed by atoms with Gasteiger partial charge in [0.1, 0.15) is 5.82 Å². The van der Waals surface area contributed by atoms with E-state index in [0.717, 1.165) is 30.7 Å². The maximum absolute atomic E-state index is 5.69. The summed E-state index contributed by atoms with van der Waals surface area (Å²) in [6.07, 6.45) is 14.4. The number of aryl methyl sites for hydroxylation is 1. The number of nitrogens with zero attached hydrogens (tertiary/aromatic N) is 2. The molecule has 1 heterocycles. The average Bonchev–Trinajstić information content (AvgIpc) is 2.68. The Kier molecular flexibility index (Phi) is 6.63. The minimum atomic E-state index is 0.491. The van der Waals surface area contributed by atoms with Crippen LogP contribution in [0.25, 0.3) is 11.1 Å². The van der Waals surface area contributed by atoms with Crippen LogP contribution in [-0.2, 0) is 6.42 Å². The normalized spacial score (nSPS) is 20.9. The molecule has 1 aromatic carbocycles. The predicted molar refractivity (Wildman–Crippen MR) is 106 cm³/mol. The lowest BCUT2D eigenvalue weighted by molar-refractivity contribution is 0.366. The fourth-order valence-corrected chi connectivity index (χ4v) is 3.82. The van der Waals surface area contributed by atoms with E-state index < -0.39 is 0 Å². The van der Waals surface area contributed by atoms with Crippen LogP contribution >= 0.6 is 11.6 Å². The summed E-state index contributed by atoms with van der Waals surface area (Å²) in [5, 5.41) is 0. The summed E-state index contributed by atoms with van der Waals surface area (Å²) in [5.41, 5.74) is 5.36. The van der Waals surface area contributed by atoms with E-state index in [1.807, 2.05) is 12.4 Å². The first kappa shape index (κ1) is 18.1. The van der Waals surface area contributed by atoms with Crippen molar-refractivity contribution >= 4 is 11.6 Å². The zero-order valence-electron chi connectivity index (χ0n) is 15.0. The van der Waals surface area contributed by atoms with E-state index in [1.54, 1.807) is 5.54 Å². The number of halogens is 1. The van der Waals surface area contributed by atoms with Gasteiger partial charge < -0.3 is 0 Å². The van der Waals surface area contributed by atoms with Crippen molar-refractivity contribution in [2.75, 3.05) is 0 Å². The minimum Gasteiger partial charge on any atom is -0.240 e. The summed E-state index contributed by atoms with van der Waals surface area (Å²) in [6.45, 7) is 2.23. The number of rotatable bonds is 6. The standard InChI is InChI=1S/C22H27ClN2/c1-2-3-4-17-5-9-19(10-6-17)21-15-24-22(25-16-21)20-11-7-18(8-12-20)13-14-23/h5-6,9-10,13-16,18,20H,2-4,7-8,11-12H2,1H3. The second-order valence-electron chi connectivity index (χ2n) is 7.06. The molecule has 0 spiro atoms. The molecular weight excluding hydrogens is 328 g/mol. The van der Waals surface area contributed by atoms with Gasteiger partial charge in [0, 0.05) is 29.4 Å². The Morgan fingerprint density at radius 1 is 1.00 bits per heavy atom. The van der Waals surface area contributed by atoms with E-state index >= 15 is 0 Å². The molecule has 1 fully saturated rings. The molecule has 3 rings (SSSR count). The van der Waals surface area contributed by atoms with Gasteiger partial charge in [-0.15, -0.1) is 0 Å². The molecule has 2 aromatic rings. The van der Waals surface area contributed by atoms with Gasteiger partial charge in [0.2, 0.25) is 0 Å². The molecule has 0 atom stereocenters. The molecule has 0 radical (unpaired) electrons. The molecular formula is C22H27ClN2. The van der Waals surface area contributed by atoms with Crippen molar-refractivity contribution in [2.45, 2.75) is 57.8 Å². The van der Waals surface area contributed by atoms with E-state index in [1.165, 1.54) is 36.8 Å². The van der Waals surface area contributed by atoms with Gasteiger partial charge in [0.15, 0.2) is 0 Å². The lowest BCUT2D eigenvalue weighted by Crippen LogP contribution is -2.13. The number of unbranched alkanes of at least 4 members (excludes halogenated alkanes) is 1. The Bertz CT molecular complexity index is 668. The second-order valence-corrected chi connectivity index (χ2v) is 7.31. The van der Waals surface area contributed by atoms with Crippen LogP contribution in [-0.4, -0.2) is 9.97 Å². The van der Waals surface area contributed by atoms with Crippen LogP contribution in [0.5, 0.6) is 0 Å². The monoisotopic (exact) mass is 354 g/mol. The summed E-state index contributed by atoms with van der Waals surface area (Å²) in [6, 6.07) is 8.83. The van der Waals surface area contributed by atoms with Crippen molar-refractivity contribution in [3.8, 4) is 11.1 Å². The third kappa shape index (κ3) is 4.92. The Morgan fingerprint density at radius 3 is 2.28 bits per heavy atom. The first-order chi connectivity index (χ1) is 12.3. The Labute approximate surface area is 156 Å². The van der Waals surface area contributed by atoms with Crippen LogP contribution in [0.15, 0.2) is 48.3 Å². The van der Waals surface area contributed by atoms with Crippen LogP contribution in [0.3, 0.4) is 0 Å². The number of aromatic nitrogens is 2. The van der Waals surface area contributed by atoms with Crippen molar-refractivity contribution in [3.63, 3.8) is 0 Å². The largest absolute Gasteiger partial charge is 0.240 e. The van der Waals surface area contributed by atoms with E-state index in [0.29, 0.717) is 11.8 Å². The van der Waals surface area contributed by atoms with Gasteiger partial charge in [0.05, 0.1) is 0 Å². The van der Waals surface area contributed by atoms with Crippen molar-refractivity contribution in [1.82, 2.24) is 9.97 Å². The average molecular weight is 355 g/mol. The Balaban J connectivity index is 1.62. The first-order valence-corrected chi connectivity index (χ1v) is 9.92. The van der Waals surface area contributed by atoms with Crippen LogP contribution in [0, 0.1) is 5.92 Å². The summed E-state index contributed by atoms with van der Waals surface area (Å²) in [5.74, 6) is 2.11. The van der Waals surface area contributed by atoms with Crippen molar-refractivity contribution in [2.24, 2.45) is 5.92 Å². The molecule has 25 heavy (non-hydrogen) atoms. The molecule has 3 heteroatoms. The Hall–Kier alpha value is -1.67. The lowest BCUT2D eigenvalue weighted by atomic mass is 9.81. The van der Waals surface area contributed by atoms with Gasteiger partial charge >= 0.3 is 0 Å². The zero-order chi connectivity index (χ0) is 17.5. The van der Waals surface area contributed by atoms with Crippen molar-refractivity contribution < 1.29 is 0 Å². The fraction of sp³-hybridized carbons (Fsp3) is 0.455. The van der Waals surface area contributed by atoms with Gasteiger partial charge in [-0.3, -0.25) is 0 Å². The minimum absolute atomic E-state index is 0.491. The number of benzene rings is 1. The number of allylic oxidation sites excluding steroid dienone is 1. The molecule has 2 nitrogen and oxygen atoms in total. The van der Waals surface area contributed by atoms with E-state index in [4.69, 9.17) is 11.6 Å². The van der Waals surface area contributed by atoms with E-state index in [2.05, 4.69) is 47.2 Å². The van der Waals surface area contributed by atoms with Gasteiger partial charge in [-0.25, -0.2) is 9.97 Å². The molecule has 1 aliphatic rings. The maximum atomic E-state index is 5.69. The third-order valence-electron chi connectivity index (χ3n) is 5.26. The van der Waals surface area contributed by atoms with Crippen LogP contribution in [0.1, 0.15) is 62.8 Å². The summed E-state index contributed by atoms with van der Waals surface area (Å²) >= 11 is 5.69. The summed E-state index contributed by atoms with van der Waals surface area (Å²) < 4.78 is 0. The topological polar surface area (TPSA) is 25.8 Å². The quantitative estimate of drug-likeness (QED) is 0.590. The highest BCUT2D eigenvalue weighted by Crippen LogP contribution is 2.35. The van der Waals surface area contributed by atoms with Gasteiger partial charge in [-0.2, -0.15) is 0 Å². The number of hydrogen-bond donors (Lipinski definition) is 0. The molecule has 0 bridgehead atoms. The molecule has 0 N–H and O–H groups in total. The molecule has 0 amide bonds. The molecule has 1 aromatic heterocycles. The van der Waals surface area contributed by atoms with Crippen molar-refractivity contribution in [1.29, 1.82) is 0 Å².